The molecule has 0 aliphatic carbocycles. The fourth-order valence-electron chi connectivity index (χ4n) is 2.80. The van der Waals surface area contributed by atoms with Gasteiger partial charge in [0.2, 0.25) is 5.91 Å². The Morgan fingerprint density at radius 3 is 2.65 bits per heavy atom. The zero-order valence-corrected chi connectivity index (χ0v) is 14.0. The lowest BCUT2D eigenvalue weighted by molar-refractivity contribution is -0.137. The van der Waals surface area contributed by atoms with Gasteiger partial charge in [0.25, 0.3) is 0 Å². The molecule has 2 aromatic rings. The molecule has 2 atom stereocenters. The Hall–Kier alpha value is -2.29. The predicted molar refractivity (Wildman–Crippen MR) is 90.6 cm³/mol. The summed E-state index contributed by atoms with van der Waals surface area (Å²) in [6.45, 7) is 0. The molecular formula is C17H15ClF3N3O2. The van der Waals surface area contributed by atoms with Gasteiger partial charge >= 0.3 is 6.18 Å². The molecule has 1 aliphatic rings. The van der Waals surface area contributed by atoms with Crippen molar-refractivity contribution in [3.63, 3.8) is 0 Å². The normalized spacial score (nSPS) is 20.2. The van der Waals surface area contributed by atoms with Crippen LogP contribution in [-0.4, -0.2) is 17.1 Å². The van der Waals surface area contributed by atoms with Crippen molar-refractivity contribution in [3.8, 4) is 5.75 Å². The van der Waals surface area contributed by atoms with Crippen LogP contribution in [0.5, 0.6) is 5.75 Å². The van der Waals surface area contributed by atoms with Crippen molar-refractivity contribution >= 4 is 23.2 Å². The highest BCUT2D eigenvalue weighted by atomic mass is 35.5. The van der Waals surface area contributed by atoms with Gasteiger partial charge in [0.05, 0.1) is 17.3 Å². The summed E-state index contributed by atoms with van der Waals surface area (Å²) < 4.78 is 39.1. The van der Waals surface area contributed by atoms with Crippen LogP contribution in [0.25, 0.3) is 0 Å². The molecule has 5 nitrogen and oxygen atoms in total. The van der Waals surface area contributed by atoms with Gasteiger partial charge in [-0.2, -0.15) is 13.2 Å². The number of hydrazine groups is 1. The van der Waals surface area contributed by atoms with Crippen molar-refractivity contribution in [1.29, 1.82) is 0 Å². The number of hydrogen-bond donors (Lipinski definition) is 4. The predicted octanol–water partition coefficient (Wildman–Crippen LogP) is 3.61. The molecular weight excluding hydrogens is 371 g/mol. The maximum absolute atomic E-state index is 13.0. The molecule has 1 amide bonds. The molecule has 1 heterocycles. The number of alkyl halides is 3. The van der Waals surface area contributed by atoms with Crippen molar-refractivity contribution in [2.75, 3.05) is 5.32 Å². The molecule has 0 bridgehead atoms. The topological polar surface area (TPSA) is 73.4 Å². The first-order valence-electron chi connectivity index (χ1n) is 7.72. The van der Waals surface area contributed by atoms with Crippen LogP contribution in [-0.2, 0) is 11.0 Å². The van der Waals surface area contributed by atoms with E-state index >= 15 is 0 Å². The summed E-state index contributed by atoms with van der Waals surface area (Å²) in [7, 11) is 0. The molecule has 1 aliphatic heterocycles. The van der Waals surface area contributed by atoms with E-state index in [0.717, 1.165) is 6.07 Å². The molecule has 26 heavy (non-hydrogen) atoms. The number of amides is 1. The fraction of sp³-hybridized carbons (Fsp3) is 0.235. The van der Waals surface area contributed by atoms with E-state index in [-0.39, 0.29) is 17.9 Å². The molecule has 0 spiro atoms. The van der Waals surface area contributed by atoms with Crippen molar-refractivity contribution < 1.29 is 23.1 Å². The Balaban J connectivity index is 1.72. The van der Waals surface area contributed by atoms with Crippen LogP contribution in [0, 0.1) is 0 Å². The van der Waals surface area contributed by atoms with E-state index < -0.39 is 29.7 Å². The quantitative estimate of drug-likeness (QED) is 0.651. The average Bonchev–Trinajstić information content (AvgIpc) is 3.06. The first-order chi connectivity index (χ1) is 12.3. The zero-order chi connectivity index (χ0) is 18.9. The van der Waals surface area contributed by atoms with Crippen molar-refractivity contribution in [2.24, 2.45) is 0 Å². The third-order valence-corrected chi connectivity index (χ3v) is 4.31. The Morgan fingerprint density at radius 1 is 1.19 bits per heavy atom. The summed E-state index contributed by atoms with van der Waals surface area (Å²) in [6, 6.07) is 8.11. The number of carbonyl (C=O) groups excluding carboxylic acids is 1. The molecule has 0 saturated carbocycles. The summed E-state index contributed by atoms with van der Waals surface area (Å²) in [5.41, 5.74) is 4.86. The molecule has 0 radical (unpaired) electrons. The van der Waals surface area contributed by atoms with Crippen LogP contribution >= 0.6 is 11.6 Å². The third-order valence-electron chi connectivity index (χ3n) is 4.08. The summed E-state index contributed by atoms with van der Waals surface area (Å²) >= 11 is 5.92. The van der Waals surface area contributed by atoms with Crippen LogP contribution in [0.1, 0.15) is 23.6 Å². The molecule has 2 unspecified atom stereocenters. The lowest BCUT2D eigenvalue weighted by atomic mass is 10.0. The number of carbonyl (C=O) groups is 1. The highest BCUT2D eigenvalue weighted by molar-refractivity contribution is 6.30. The SMILES string of the molecule is O=C(Nc1ccccc1C(F)(F)F)C1CC(c2cc(Cl)ccc2O)NN1. The number of aromatic hydroxyl groups is 1. The maximum Gasteiger partial charge on any atom is 0.418 e. The summed E-state index contributed by atoms with van der Waals surface area (Å²) in [5.74, 6) is -0.601. The van der Waals surface area contributed by atoms with Gasteiger partial charge in [-0.3, -0.25) is 4.79 Å². The van der Waals surface area contributed by atoms with Gasteiger partial charge in [-0.05, 0) is 36.8 Å². The Labute approximate surface area is 152 Å². The Morgan fingerprint density at radius 2 is 1.92 bits per heavy atom. The maximum atomic E-state index is 13.0. The molecule has 1 saturated heterocycles. The van der Waals surface area contributed by atoms with Crippen LogP contribution in [0.3, 0.4) is 0 Å². The number of benzene rings is 2. The highest BCUT2D eigenvalue weighted by Crippen LogP contribution is 2.35. The zero-order valence-electron chi connectivity index (χ0n) is 13.3. The minimum Gasteiger partial charge on any atom is -0.508 e. The van der Waals surface area contributed by atoms with Gasteiger partial charge in [-0.25, -0.2) is 10.9 Å². The third kappa shape index (κ3) is 3.92. The van der Waals surface area contributed by atoms with E-state index in [9.17, 15) is 23.1 Å². The molecule has 4 N–H and O–H groups in total. The summed E-state index contributed by atoms with van der Waals surface area (Å²) in [5, 5.41) is 12.7. The summed E-state index contributed by atoms with van der Waals surface area (Å²) in [6.07, 6.45) is -4.34. The standard InChI is InChI=1S/C17H15ClF3N3O2/c18-9-5-6-15(25)10(7-9)13-8-14(24-23-13)16(26)22-12-4-2-1-3-11(12)17(19,20)21/h1-7,13-14,23-25H,8H2,(H,22,26). The minimum absolute atomic E-state index is 0.0113. The van der Waals surface area contributed by atoms with Crippen molar-refractivity contribution in [2.45, 2.75) is 24.7 Å². The van der Waals surface area contributed by atoms with Crippen LogP contribution in [0.15, 0.2) is 42.5 Å². The Bertz CT molecular complexity index is 829. The second kappa shape index (κ2) is 7.14. The van der Waals surface area contributed by atoms with E-state index in [1.807, 2.05) is 0 Å². The van der Waals surface area contributed by atoms with Gasteiger partial charge in [-0.15, -0.1) is 0 Å². The first kappa shape index (κ1) is 18.5. The van der Waals surface area contributed by atoms with E-state index in [2.05, 4.69) is 16.2 Å². The lowest BCUT2D eigenvalue weighted by Gasteiger charge is -2.15. The molecule has 1 fully saturated rings. The number of para-hydroxylation sites is 1. The van der Waals surface area contributed by atoms with E-state index in [1.54, 1.807) is 6.07 Å². The fourth-order valence-corrected chi connectivity index (χ4v) is 2.98. The van der Waals surface area contributed by atoms with Gasteiger partial charge in [0.15, 0.2) is 0 Å². The molecule has 138 valence electrons. The molecule has 9 heteroatoms. The Kier molecular flexibility index (Phi) is 5.08. The monoisotopic (exact) mass is 385 g/mol. The number of hydrogen-bond acceptors (Lipinski definition) is 4. The first-order valence-corrected chi connectivity index (χ1v) is 8.10. The van der Waals surface area contributed by atoms with E-state index in [4.69, 9.17) is 11.6 Å². The largest absolute Gasteiger partial charge is 0.508 e. The lowest BCUT2D eigenvalue weighted by Crippen LogP contribution is -2.39. The number of phenolic OH excluding ortho intramolecular Hbond substituents is 1. The van der Waals surface area contributed by atoms with Crippen molar-refractivity contribution in [3.05, 3.63) is 58.6 Å². The highest BCUT2D eigenvalue weighted by Gasteiger charge is 2.36. The number of nitrogens with one attached hydrogen (secondary N) is 3. The van der Waals surface area contributed by atoms with Crippen LogP contribution in [0.4, 0.5) is 18.9 Å². The smallest absolute Gasteiger partial charge is 0.418 e. The number of anilines is 1. The van der Waals surface area contributed by atoms with Crippen LogP contribution < -0.4 is 16.2 Å². The molecule has 0 aromatic heterocycles. The second-order valence-electron chi connectivity index (χ2n) is 5.87. The summed E-state index contributed by atoms with van der Waals surface area (Å²) in [4.78, 5) is 12.4. The van der Waals surface area contributed by atoms with Crippen molar-refractivity contribution in [1.82, 2.24) is 10.9 Å². The van der Waals surface area contributed by atoms with Gasteiger partial charge in [0.1, 0.15) is 11.8 Å². The molecule has 2 aromatic carbocycles. The van der Waals surface area contributed by atoms with Gasteiger partial charge < -0.3 is 10.4 Å². The van der Waals surface area contributed by atoms with E-state index in [1.165, 1.54) is 30.3 Å². The number of halogens is 4. The van der Waals surface area contributed by atoms with Gasteiger partial charge in [-0.1, -0.05) is 23.7 Å². The minimum atomic E-state index is -4.57. The average molecular weight is 386 g/mol. The van der Waals surface area contributed by atoms with Crippen LogP contribution in [0.2, 0.25) is 5.02 Å². The number of rotatable bonds is 3. The second-order valence-corrected chi connectivity index (χ2v) is 6.30. The van der Waals surface area contributed by atoms with E-state index in [0.29, 0.717) is 10.6 Å². The molecule has 3 rings (SSSR count). The number of phenols is 1. The van der Waals surface area contributed by atoms with Gasteiger partial charge in [0, 0.05) is 10.6 Å².